The molecule has 0 aromatic heterocycles. The van der Waals surface area contributed by atoms with Crippen molar-refractivity contribution in [2.24, 2.45) is 0 Å². The number of fused-ring (bicyclic) bond motifs is 1. The number of nitrogens with one attached hydrogen (secondary N) is 1. The lowest BCUT2D eigenvalue weighted by Crippen LogP contribution is -2.35. The second kappa shape index (κ2) is 6.67. The fourth-order valence-electron chi connectivity index (χ4n) is 2.38. The van der Waals surface area contributed by atoms with Gasteiger partial charge < -0.3 is 5.32 Å². The molecule has 0 radical (unpaired) electrons. The third kappa shape index (κ3) is 3.69. The van der Waals surface area contributed by atoms with E-state index in [2.05, 4.69) is 17.2 Å². The Morgan fingerprint density at radius 3 is 2.21 bits per heavy atom. The van der Waals surface area contributed by atoms with Gasteiger partial charge >= 0.3 is 6.18 Å². The van der Waals surface area contributed by atoms with Crippen LogP contribution in [0.15, 0.2) is 72.8 Å². The van der Waals surface area contributed by atoms with E-state index in [1.807, 2.05) is 18.2 Å². The van der Waals surface area contributed by atoms with Gasteiger partial charge in [-0.2, -0.15) is 13.2 Å². The van der Waals surface area contributed by atoms with Crippen LogP contribution in [-0.4, -0.2) is 12.2 Å². The Labute approximate surface area is 138 Å². The summed E-state index contributed by atoms with van der Waals surface area (Å²) < 4.78 is 40.0. The summed E-state index contributed by atoms with van der Waals surface area (Å²) >= 11 is 0. The first-order valence-corrected chi connectivity index (χ1v) is 7.42. The highest BCUT2D eigenvalue weighted by Gasteiger charge is 2.38. The van der Waals surface area contributed by atoms with Crippen LogP contribution in [0.1, 0.15) is 5.56 Å². The Morgan fingerprint density at radius 1 is 0.792 bits per heavy atom. The molecule has 1 unspecified atom stereocenters. The quantitative estimate of drug-likeness (QED) is 0.636. The number of alkyl halides is 3. The molecular weight excluding hydrogens is 311 g/mol. The normalized spacial score (nSPS) is 12.3. The lowest BCUT2D eigenvalue weighted by Gasteiger charge is -2.19. The van der Waals surface area contributed by atoms with Crippen LogP contribution in [0.3, 0.4) is 0 Å². The van der Waals surface area contributed by atoms with E-state index < -0.39 is 12.2 Å². The van der Waals surface area contributed by atoms with Gasteiger partial charge in [-0.1, -0.05) is 66.4 Å². The van der Waals surface area contributed by atoms with Gasteiger partial charge in [-0.15, -0.1) is 0 Å². The van der Waals surface area contributed by atoms with Gasteiger partial charge in [0.05, 0.1) is 0 Å². The zero-order chi connectivity index (χ0) is 17.0. The Balaban J connectivity index is 1.94. The standard InChI is InChI=1S/C20H14F3N/c21-20(22,23)19(14-13-15-7-2-1-3-8-15)24-18-12-6-10-16-9-4-5-11-17(16)18/h1-12,19,24H. The molecule has 0 heterocycles. The number of hydrogen-bond donors (Lipinski definition) is 1. The molecule has 0 bridgehead atoms. The molecule has 0 fully saturated rings. The average molecular weight is 325 g/mol. The zero-order valence-electron chi connectivity index (χ0n) is 12.6. The van der Waals surface area contributed by atoms with E-state index in [1.165, 1.54) is 0 Å². The Kier molecular flexibility index (Phi) is 4.43. The average Bonchev–Trinajstić information content (AvgIpc) is 2.58. The number of rotatable bonds is 2. The van der Waals surface area contributed by atoms with E-state index in [9.17, 15) is 13.2 Å². The summed E-state index contributed by atoms with van der Waals surface area (Å²) in [6, 6.07) is 19.2. The highest BCUT2D eigenvalue weighted by molar-refractivity contribution is 5.94. The van der Waals surface area contributed by atoms with Crippen molar-refractivity contribution in [3.8, 4) is 11.8 Å². The molecular formula is C20H14F3N. The Morgan fingerprint density at radius 2 is 1.46 bits per heavy atom. The van der Waals surface area contributed by atoms with Crippen LogP contribution in [0.2, 0.25) is 0 Å². The molecule has 3 aromatic carbocycles. The van der Waals surface area contributed by atoms with Crippen LogP contribution < -0.4 is 5.32 Å². The van der Waals surface area contributed by atoms with E-state index in [-0.39, 0.29) is 0 Å². The predicted octanol–water partition coefficient (Wildman–Crippen LogP) is 5.23. The summed E-state index contributed by atoms with van der Waals surface area (Å²) in [6.45, 7) is 0. The topological polar surface area (TPSA) is 12.0 Å². The molecule has 0 saturated heterocycles. The number of halogens is 3. The lowest BCUT2D eigenvalue weighted by atomic mass is 10.1. The maximum atomic E-state index is 13.3. The summed E-state index contributed by atoms with van der Waals surface area (Å²) in [5.74, 6) is 4.89. The Hall–Kier alpha value is -2.93. The van der Waals surface area contributed by atoms with E-state index in [0.717, 1.165) is 10.8 Å². The fourth-order valence-corrected chi connectivity index (χ4v) is 2.38. The fraction of sp³-hybridized carbons (Fsp3) is 0.100. The molecule has 24 heavy (non-hydrogen) atoms. The second-order valence-corrected chi connectivity index (χ2v) is 5.28. The van der Waals surface area contributed by atoms with Crippen molar-refractivity contribution in [1.29, 1.82) is 0 Å². The van der Waals surface area contributed by atoms with Crippen LogP contribution in [0.25, 0.3) is 10.8 Å². The molecule has 1 N–H and O–H groups in total. The zero-order valence-corrected chi connectivity index (χ0v) is 12.6. The smallest absolute Gasteiger partial charge is 0.364 e. The van der Waals surface area contributed by atoms with Crippen molar-refractivity contribution in [2.45, 2.75) is 12.2 Å². The molecule has 120 valence electrons. The van der Waals surface area contributed by atoms with Crippen molar-refractivity contribution in [1.82, 2.24) is 0 Å². The summed E-state index contributed by atoms with van der Waals surface area (Å²) in [6.07, 6.45) is -4.47. The number of benzene rings is 3. The molecule has 0 amide bonds. The third-order valence-electron chi connectivity index (χ3n) is 3.55. The summed E-state index contributed by atoms with van der Waals surface area (Å²) in [7, 11) is 0. The predicted molar refractivity (Wildman–Crippen MR) is 90.7 cm³/mol. The second-order valence-electron chi connectivity index (χ2n) is 5.28. The monoisotopic (exact) mass is 325 g/mol. The molecule has 1 atom stereocenters. The van der Waals surface area contributed by atoms with E-state index in [4.69, 9.17) is 0 Å². The number of hydrogen-bond acceptors (Lipinski definition) is 1. The van der Waals surface area contributed by atoms with Crippen LogP contribution in [0, 0.1) is 11.8 Å². The molecule has 0 aliphatic carbocycles. The van der Waals surface area contributed by atoms with Crippen LogP contribution >= 0.6 is 0 Å². The van der Waals surface area contributed by atoms with E-state index in [0.29, 0.717) is 11.3 Å². The maximum Gasteiger partial charge on any atom is 0.420 e. The van der Waals surface area contributed by atoms with Crippen LogP contribution in [0.4, 0.5) is 18.9 Å². The first-order valence-electron chi connectivity index (χ1n) is 7.42. The van der Waals surface area contributed by atoms with E-state index >= 15 is 0 Å². The van der Waals surface area contributed by atoms with Crippen molar-refractivity contribution < 1.29 is 13.2 Å². The van der Waals surface area contributed by atoms with Crippen molar-refractivity contribution in [3.05, 3.63) is 78.4 Å². The molecule has 0 saturated carbocycles. The van der Waals surface area contributed by atoms with Gasteiger partial charge in [-0.3, -0.25) is 0 Å². The first kappa shape index (κ1) is 15.9. The molecule has 3 aromatic rings. The van der Waals surface area contributed by atoms with Crippen molar-refractivity contribution >= 4 is 16.5 Å². The summed E-state index contributed by atoms with van der Waals surface area (Å²) in [5, 5.41) is 4.14. The van der Waals surface area contributed by atoms with Crippen LogP contribution in [0.5, 0.6) is 0 Å². The molecule has 0 spiro atoms. The van der Waals surface area contributed by atoms with Gasteiger partial charge in [-0.25, -0.2) is 0 Å². The first-order chi connectivity index (χ1) is 11.5. The van der Waals surface area contributed by atoms with Gasteiger partial charge in [0.2, 0.25) is 0 Å². The summed E-state index contributed by atoms with van der Waals surface area (Å²) in [5.41, 5.74) is 0.962. The van der Waals surface area contributed by atoms with Gasteiger partial charge in [0.25, 0.3) is 0 Å². The SMILES string of the molecule is FC(F)(F)C(C#Cc1ccccc1)Nc1cccc2ccccc12. The highest BCUT2D eigenvalue weighted by atomic mass is 19.4. The highest BCUT2D eigenvalue weighted by Crippen LogP contribution is 2.28. The maximum absolute atomic E-state index is 13.3. The minimum atomic E-state index is -4.47. The van der Waals surface area contributed by atoms with Crippen molar-refractivity contribution in [3.63, 3.8) is 0 Å². The molecule has 0 aliphatic heterocycles. The molecule has 0 aliphatic rings. The largest absolute Gasteiger partial charge is 0.420 e. The van der Waals surface area contributed by atoms with Gasteiger partial charge in [0.15, 0.2) is 6.04 Å². The van der Waals surface area contributed by atoms with Gasteiger partial charge in [0, 0.05) is 16.6 Å². The minimum absolute atomic E-state index is 0.415. The lowest BCUT2D eigenvalue weighted by molar-refractivity contribution is -0.130. The molecule has 4 heteroatoms. The Bertz CT molecular complexity index is 884. The molecule has 1 nitrogen and oxygen atoms in total. The minimum Gasteiger partial charge on any atom is -0.364 e. The third-order valence-corrected chi connectivity index (χ3v) is 3.55. The van der Waals surface area contributed by atoms with Gasteiger partial charge in [-0.05, 0) is 23.6 Å². The van der Waals surface area contributed by atoms with Gasteiger partial charge in [0.1, 0.15) is 0 Å². The van der Waals surface area contributed by atoms with Crippen molar-refractivity contribution in [2.75, 3.05) is 5.32 Å². The van der Waals surface area contributed by atoms with Crippen LogP contribution in [-0.2, 0) is 0 Å². The molecule has 3 rings (SSSR count). The van der Waals surface area contributed by atoms with E-state index in [1.54, 1.807) is 54.6 Å². The number of anilines is 1. The summed E-state index contributed by atoms with van der Waals surface area (Å²) in [4.78, 5) is 0.